The summed E-state index contributed by atoms with van der Waals surface area (Å²) in [6.45, 7) is 3.78. The zero-order valence-corrected chi connectivity index (χ0v) is 54.2. The molecule has 0 bridgehead atoms. The Hall–Kier alpha value is -2.29. The van der Waals surface area contributed by atoms with Gasteiger partial charge in [-0.3, -0.25) is 18.6 Å². The summed E-state index contributed by atoms with van der Waals surface area (Å²) in [5.74, 6) is -0.812. The molecular formula is C71H132NO8P. The van der Waals surface area contributed by atoms with Crippen LogP contribution in [-0.4, -0.2) is 49.3 Å². The average Bonchev–Trinajstić information content (AvgIpc) is 3.46. The second-order valence-electron chi connectivity index (χ2n) is 23.4. The van der Waals surface area contributed by atoms with Gasteiger partial charge < -0.3 is 20.1 Å². The van der Waals surface area contributed by atoms with Gasteiger partial charge in [0, 0.05) is 19.4 Å². The highest BCUT2D eigenvalue weighted by atomic mass is 31.2. The Kier molecular flexibility index (Phi) is 65.0. The number of carbonyl (C=O) groups excluding carboxylic acids is 2. The summed E-state index contributed by atoms with van der Waals surface area (Å²) >= 11 is 0. The van der Waals surface area contributed by atoms with Gasteiger partial charge in [0.25, 0.3) is 0 Å². The number of phosphoric ester groups is 1. The van der Waals surface area contributed by atoms with Crippen molar-refractivity contribution in [1.82, 2.24) is 0 Å². The normalized spacial score (nSPS) is 13.3. The first-order valence-corrected chi connectivity index (χ1v) is 36.3. The lowest BCUT2D eigenvalue weighted by Gasteiger charge is -2.19. The molecule has 81 heavy (non-hydrogen) atoms. The fourth-order valence-corrected chi connectivity index (χ4v) is 11.0. The van der Waals surface area contributed by atoms with Crippen LogP contribution in [0.1, 0.15) is 348 Å². The number of carbonyl (C=O) groups is 2. The molecule has 474 valence electrons. The number of esters is 2. The van der Waals surface area contributed by atoms with E-state index in [1.54, 1.807) is 0 Å². The number of phosphoric acid groups is 1. The molecule has 0 heterocycles. The maximum atomic E-state index is 12.8. The smallest absolute Gasteiger partial charge is 0.462 e. The predicted molar refractivity (Wildman–Crippen MR) is 349 cm³/mol. The van der Waals surface area contributed by atoms with Crippen LogP contribution in [0.4, 0.5) is 0 Å². The number of hydrogen-bond acceptors (Lipinski definition) is 8. The van der Waals surface area contributed by atoms with Gasteiger partial charge in [0.05, 0.1) is 13.2 Å². The topological polar surface area (TPSA) is 134 Å². The van der Waals surface area contributed by atoms with Crippen LogP contribution >= 0.6 is 7.82 Å². The molecule has 3 N–H and O–H groups in total. The highest BCUT2D eigenvalue weighted by Gasteiger charge is 2.26. The van der Waals surface area contributed by atoms with Crippen molar-refractivity contribution in [1.29, 1.82) is 0 Å². The molecule has 0 aliphatic carbocycles. The highest BCUT2D eigenvalue weighted by molar-refractivity contribution is 7.47. The minimum atomic E-state index is -4.39. The SMILES string of the molecule is CCCCCCC/C=C\C/C=C\C/C=C\CCCCCCCCCCCCCCCCCCC(=O)OC(COC(=O)CCCCCCCCCCCCCCCCCCC/C=C\C/C=C\CCCCCCC)COP(=O)(O)OCCN. The molecule has 0 rings (SSSR count). The third kappa shape index (κ3) is 66.7. The molecule has 0 aromatic heterocycles. The first-order chi connectivity index (χ1) is 39.8. The Morgan fingerprint density at radius 1 is 0.370 bits per heavy atom. The van der Waals surface area contributed by atoms with E-state index in [1.807, 2.05) is 0 Å². The van der Waals surface area contributed by atoms with Gasteiger partial charge in [-0.05, 0) is 83.5 Å². The second kappa shape index (κ2) is 66.8. The second-order valence-corrected chi connectivity index (χ2v) is 24.8. The van der Waals surface area contributed by atoms with Crippen LogP contribution in [0.25, 0.3) is 0 Å². The summed E-state index contributed by atoms with van der Waals surface area (Å²) in [6, 6.07) is 0. The number of ether oxygens (including phenoxy) is 2. The molecular weight excluding hydrogens is 1030 g/mol. The van der Waals surface area contributed by atoms with Crippen molar-refractivity contribution in [2.24, 2.45) is 5.73 Å². The Labute approximate surface area is 501 Å². The molecule has 0 aliphatic rings. The van der Waals surface area contributed by atoms with Gasteiger partial charge in [0.2, 0.25) is 0 Å². The Morgan fingerprint density at radius 2 is 0.642 bits per heavy atom. The molecule has 2 atom stereocenters. The maximum absolute atomic E-state index is 12.8. The fraction of sp³-hybridized carbons (Fsp3) is 0.831. The summed E-state index contributed by atoms with van der Waals surface area (Å²) in [5.41, 5.74) is 5.40. The number of nitrogens with two attached hydrogens (primary N) is 1. The van der Waals surface area contributed by atoms with Crippen LogP contribution in [0, 0.1) is 0 Å². The first-order valence-electron chi connectivity index (χ1n) is 34.8. The average molecular weight is 1160 g/mol. The van der Waals surface area contributed by atoms with Crippen molar-refractivity contribution in [3.63, 3.8) is 0 Å². The Morgan fingerprint density at radius 3 is 0.951 bits per heavy atom. The van der Waals surface area contributed by atoms with E-state index < -0.39 is 26.5 Å². The number of rotatable bonds is 66. The van der Waals surface area contributed by atoms with Crippen molar-refractivity contribution < 1.29 is 37.6 Å². The minimum absolute atomic E-state index is 0.0538. The van der Waals surface area contributed by atoms with Crippen LogP contribution in [0.3, 0.4) is 0 Å². The summed E-state index contributed by atoms with van der Waals surface area (Å²) in [5, 5.41) is 0. The molecule has 10 heteroatoms. The van der Waals surface area contributed by atoms with E-state index in [2.05, 4.69) is 74.6 Å². The molecule has 0 aromatic carbocycles. The van der Waals surface area contributed by atoms with E-state index in [4.69, 9.17) is 24.3 Å². The molecule has 2 unspecified atom stereocenters. The summed E-state index contributed by atoms with van der Waals surface area (Å²) in [7, 11) is -4.39. The lowest BCUT2D eigenvalue weighted by Crippen LogP contribution is -2.29. The van der Waals surface area contributed by atoms with Gasteiger partial charge in [0.1, 0.15) is 6.61 Å². The standard InChI is InChI=1S/C71H132NO8P/c1-3-5-7-9-11-13-15-17-19-21-23-25-27-29-31-33-34-36-38-40-42-44-46-48-50-52-54-56-58-60-62-64-71(74)80-69(68-79-81(75,76)78-66-65-72)67-77-70(73)63-61-59-57-55-53-51-49-47-45-43-41-39-37-35-32-30-28-26-24-22-20-18-16-14-12-10-8-6-4-2/h15-18,21-24,27,29,69H,3-14,19-20,25-26,28,30-68,72H2,1-2H3,(H,75,76)/b17-15-,18-16-,23-21-,24-22-,29-27-. The van der Waals surface area contributed by atoms with E-state index in [0.717, 1.165) is 57.8 Å². The molecule has 0 saturated heterocycles. The van der Waals surface area contributed by atoms with Crippen molar-refractivity contribution >= 4 is 19.8 Å². The first kappa shape index (κ1) is 78.7. The molecule has 0 fully saturated rings. The molecule has 0 radical (unpaired) electrons. The summed E-state index contributed by atoms with van der Waals surface area (Å²) in [4.78, 5) is 35.4. The van der Waals surface area contributed by atoms with Gasteiger partial charge >= 0.3 is 19.8 Å². The molecule has 0 aliphatic heterocycles. The Bertz CT molecular complexity index is 1510. The van der Waals surface area contributed by atoms with E-state index in [1.165, 1.54) is 257 Å². The molecule has 0 saturated carbocycles. The summed E-state index contributed by atoms with van der Waals surface area (Å²) < 4.78 is 33.2. The number of unbranched alkanes of at least 4 members (excludes halogenated alkanes) is 43. The number of allylic oxidation sites excluding steroid dienone is 10. The highest BCUT2D eigenvalue weighted by Crippen LogP contribution is 2.43. The maximum Gasteiger partial charge on any atom is 0.472 e. The van der Waals surface area contributed by atoms with Crippen molar-refractivity contribution in [3.05, 3.63) is 60.8 Å². The third-order valence-corrected chi connectivity index (χ3v) is 16.4. The van der Waals surface area contributed by atoms with Gasteiger partial charge in [-0.2, -0.15) is 0 Å². The fourth-order valence-electron chi connectivity index (χ4n) is 10.2. The van der Waals surface area contributed by atoms with Crippen LogP contribution in [0.2, 0.25) is 0 Å². The van der Waals surface area contributed by atoms with Crippen LogP contribution in [0.15, 0.2) is 60.8 Å². The summed E-state index contributed by atoms with van der Waals surface area (Å²) in [6.07, 6.45) is 86.0. The van der Waals surface area contributed by atoms with Gasteiger partial charge in [-0.1, -0.05) is 312 Å². The minimum Gasteiger partial charge on any atom is -0.462 e. The van der Waals surface area contributed by atoms with Crippen molar-refractivity contribution in [2.45, 2.75) is 354 Å². The van der Waals surface area contributed by atoms with Gasteiger partial charge in [0.15, 0.2) is 6.10 Å². The predicted octanol–water partition coefficient (Wildman–Crippen LogP) is 22.6. The van der Waals surface area contributed by atoms with E-state index in [-0.39, 0.29) is 38.6 Å². The lowest BCUT2D eigenvalue weighted by molar-refractivity contribution is -0.161. The zero-order valence-electron chi connectivity index (χ0n) is 53.3. The van der Waals surface area contributed by atoms with Crippen LogP contribution in [0.5, 0.6) is 0 Å². The monoisotopic (exact) mass is 1160 g/mol. The van der Waals surface area contributed by atoms with Crippen LogP contribution < -0.4 is 5.73 Å². The third-order valence-electron chi connectivity index (χ3n) is 15.4. The van der Waals surface area contributed by atoms with E-state index in [9.17, 15) is 19.0 Å². The molecule has 0 spiro atoms. The zero-order chi connectivity index (χ0) is 58.7. The van der Waals surface area contributed by atoms with Crippen molar-refractivity contribution in [2.75, 3.05) is 26.4 Å². The van der Waals surface area contributed by atoms with Crippen molar-refractivity contribution in [3.8, 4) is 0 Å². The quantitative estimate of drug-likeness (QED) is 0.0264. The Balaban J connectivity index is 3.86. The number of hydrogen-bond donors (Lipinski definition) is 2. The van der Waals surface area contributed by atoms with E-state index in [0.29, 0.717) is 6.42 Å². The lowest BCUT2D eigenvalue weighted by atomic mass is 10.0. The van der Waals surface area contributed by atoms with E-state index >= 15 is 0 Å². The largest absolute Gasteiger partial charge is 0.472 e. The van der Waals surface area contributed by atoms with Crippen LogP contribution in [-0.2, 0) is 32.7 Å². The molecule has 0 aromatic rings. The van der Waals surface area contributed by atoms with Gasteiger partial charge in [-0.15, -0.1) is 0 Å². The molecule has 9 nitrogen and oxygen atoms in total. The van der Waals surface area contributed by atoms with Gasteiger partial charge in [-0.25, -0.2) is 4.57 Å². The molecule has 0 amide bonds.